The molecule has 0 bridgehead atoms. The molecule has 0 spiro atoms. The number of thioether (sulfide) groups is 1. The first-order valence-electron chi connectivity index (χ1n) is 10.8. The van der Waals surface area contributed by atoms with Gasteiger partial charge in [-0.1, -0.05) is 36.8 Å². The first kappa shape index (κ1) is 24.8. The van der Waals surface area contributed by atoms with E-state index in [0.29, 0.717) is 18.7 Å². The van der Waals surface area contributed by atoms with Gasteiger partial charge in [0.2, 0.25) is 11.8 Å². The van der Waals surface area contributed by atoms with E-state index in [2.05, 4.69) is 36.5 Å². The van der Waals surface area contributed by atoms with E-state index in [-0.39, 0.29) is 17.9 Å². The summed E-state index contributed by atoms with van der Waals surface area (Å²) in [5.41, 5.74) is 2.18. The molecule has 2 rings (SSSR count). The van der Waals surface area contributed by atoms with Gasteiger partial charge in [0.25, 0.3) is 0 Å². The van der Waals surface area contributed by atoms with Gasteiger partial charge in [-0.25, -0.2) is 0 Å². The molecule has 2 aromatic carbocycles. The third-order valence-electron chi connectivity index (χ3n) is 5.29. The predicted molar refractivity (Wildman–Crippen MR) is 127 cm³/mol. The lowest BCUT2D eigenvalue weighted by atomic mass is 10.1. The van der Waals surface area contributed by atoms with Crippen LogP contribution in [0.3, 0.4) is 0 Å². The number of carbonyl (C=O) groups is 2. The largest absolute Gasteiger partial charge is 0.497 e. The molecule has 2 aromatic rings. The summed E-state index contributed by atoms with van der Waals surface area (Å²) in [6.45, 7) is 8.23. The zero-order valence-corrected chi connectivity index (χ0v) is 20.0. The van der Waals surface area contributed by atoms with Gasteiger partial charge in [-0.2, -0.15) is 0 Å². The Hall–Kier alpha value is -2.47. The van der Waals surface area contributed by atoms with Crippen LogP contribution in [0.2, 0.25) is 0 Å². The Balaban J connectivity index is 2.07. The molecule has 0 aromatic heterocycles. The van der Waals surface area contributed by atoms with Crippen molar-refractivity contribution in [3.8, 4) is 5.75 Å². The Morgan fingerprint density at radius 1 is 1.06 bits per heavy atom. The Kier molecular flexibility index (Phi) is 9.92. The molecule has 0 saturated carbocycles. The Bertz CT molecular complexity index is 837. The number of hydrogen-bond donors (Lipinski definition) is 1. The van der Waals surface area contributed by atoms with Crippen LogP contribution in [0.5, 0.6) is 5.75 Å². The molecule has 0 aliphatic rings. The lowest BCUT2D eigenvalue weighted by molar-refractivity contribution is -0.140. The van der Waals surface area contributed by atoms with E-state index in [4.69, 9.17) is 4.74 Å². The standard InChI is InChI=1S/C25H34N2O3S/c1-6-19(3)26-25(29)20(4)27(17-21-9-11-22(30-5)12-10-21)24(28)15-16-31-23-13-7-18(2)8-14-23/h7-14,19-20H,6,15-17H2,1-5H3,(H,26,29)/t19-,20-/m0/s1. The van der Waals surface area contributed by atoms with Crippen LogP contribution >= 0.6 is 11.8 Å². The van der Waals surface area contributed by atoms with Gasteiger partial charge in [0.15, 0.2) is 0 Å². The van der Waals surface area contributed by atoms with Crippen molar-refractivity contribution in [1.29, 1.82) is 0 Å². The van der Waals surface area contributed by atoms with Crippen LogP contribution in [0.25, 0.3) is 0 Å². The lowest BCUT2D eigenvalue weighted by Gasteiger charge is -2.29. The summed E-state index contributed by atoms with van der Waals surface area (Å²) in [4.78, 5) is 28.7. The number of ether oxygens (including phenoxy) is 1. The normalized spacial score (nSPS) is 12.7. The number of hydrogen-bond acceptors (Lipinski definition) is 4. The Morgan fingerprint density at radius 2 is 1.71 bits per heavy atom. The van der Waals surface area contributed by atoms with Crippen molar-refractivity contribution in [3.63, 3.8) is 0 Å². The fraction of sp³-hybridized carbons (Fsp3) is 0.440. The molecule has 0 unspecified atom stereocenters. The van der Waals surface area contributed by atoms with Gasteiger partial charge < -0.3 is 15.0 Å². The summed E-state index contributed by atoms with van der Waals surface area (Å²) in [6, 6.07) is 15.4. The molecule has 0 aliphatic heterocycles. The van der Waals surface area contributed by atoms with Gasteiger partial charge in [-0.15, -0.1) is 11.8 Å². The first-order chi connectivity index (χ1) is 14.8. The van der Waals surface area contributed by atoms with Crippen LogP contribution in [0.15, 0.2) is 53.4 Å². The van der Waals surface area contributed by atoms with E-state index in [0.717, 1.165) is 22.6 Å². The zero-order valence-electron chi connectivity index (χ0n) is 19.2. The van der Waals surface area contributed by atoms with Crippen LogP contribution in [-0.2, 0) is 16.1 Å². The molecule has 2 atom stereocenters. The first-order valence-corrected chi connectivity index (χ1v) is 11.7. The van der Waals surface area contributed by atoms with Gasteiger partial charge in [0, 0.05) is 29.7 Å². The summed E-state index contributed by atoms with van der Waals surface area (Å²) in [5, 5.41) is 3.00. The molecule has 0 aliphatic carbocycles. The van der Waals surface area contributed by atoms with E-state index in [1.807, 2.05) is 38.1 Å². The van der Waals surface area contributed by atoms with Crippen molar-refractivity contribution in [2.45, 2.75) is 64.1 Å². The average molecular weight is 443 g/mol. The summed E-state index contributed by atoms with van der Waals surface area (Å²) < 4.78 is 5.22. The van der Waals surface area contributed by atoms with Gasteiger partial charge in [-0.05, 0) is 57.0 Å². The summed E-state index contributed by atoms with van der Waals surface area (Å²) in [6.07, 6.45) is 1.22. The van der Waals surface area contributed by atoms with Crippen molar-refractivity contribution in [2.24, 2.45) is 0 Å². The predicted octanol–water partition coefficient (Wildman–Crippen LogP) is 4.82. The second-order valence-corrected chi connectivity index (χ2v) is 8.94. The van der Waals surface area contributed by atoms with Crippen LogP contribution < -0.4 is 10.1 Å². The molecule has 2 amide bonds. The van der Waals surface area contributed by atoms with Crippen LogP contribution in [-0.4, -0.2) is 41.7 Å². The second-order valence-electron chi connectivity index (χ2n) is 7.78. The number of carbonyl (C=O) groups excluding carboxylic acids is 2. The number of rotatable bonds is 11. The van der Waals surface area contributed by atoms with Gasteiger partial charge >= 0.3 is 0 Å². The molecule has 168 valence electrons. The third kappa shape index (κ3) is 7.94. The van der Waals surface area contributed by atoms with E-state index < -0.39 is 6.04 Å². The molecule has 31 heavy (non-hydrogen) atoms. The van der Waals surface area contributed by atoms with Crippen molar-refractivity contribution >= 4 is 23.6 Å². The monoisotopic (exact) mass is 442 g/mol. The minimum atomic E-state index is -0.548. The molecule has 0 fully saturated rings. The number of aryl methyl sites for hydroxylation is 1. The highest BCUT2D eigenvalue weighted by atomic mass is 32.2. The highest BCUT2D eigenvalue weighted by Crippen LogP contribution is 2.21. The van der Waals surface area contributed by atoms with E-state index >= 15 is 0 Å². The smallest absolute Gasteiger partial charge is 0.242 e. The van der Waals surface area contributed by atoms with Crippen molar-refractivity contribution in [1.82, 2.24) is 10.2 Å². The summed E-state index contributed by atoms with van der Waals surface area (Å²) in [5.74, 6) is 1.28. The molecule has 0 saturated heterocycles. The highest BCUT2D eigenvalue weighted by molar-refractivity contribution is 7.99. The molecule has 5 nitrogen and oxygen atoms in total. The maximum atomic E-state index is 13.1. The average Bonchev–Trinajstić information content (AvgIpc) is 2.78. The van der Waals surface area contributed by atoms with Crippen LogP contribution in [0.1, 0.15) is 44.7 Å². The number of nitrogens with zero attached hydrogens (tertiary/aromatic N) is 1. The van der Waals surface area contributed by atoms with E-state index in [1.165, 1.54) is 5.56 Å². The topological polar surface area (TPSA) is 58.6 Å². The minimum absolute atomic E-state index is 0.0257. The maximum Gasteiger partial charge on any atom is 0.242 e. The van der Waals surface area contributed by atoms with Gasteiger partial charge in [-0.3, -0.25) is 9.59 Å². The van der Waals surface area contributed by atoms with Crippen molar-refractivity contribution < 1.29 is 14.3 Å². The van der Waals surface area contributed by atoms with Gasteiger partial charge in [0.1, 0.15) is 11.8 Å². The van der Waals surface area contributed by atoms with Crippen molar-refractivity contribution in [2.75, 3.05) is 12.9 Å². The number of amides is 2. The third-order valence-corrected chi connectivity index (χ3v) is 6.30. The highest BCUT2D eigenvalue weighted by Gasteiger charge is 2.26. The van der Waals surface area contributed by atoms with Crippen molar-refractivity contribution in [3.05, 3.63) is 59.7 Å². The molecule has 0 radical (unpaired) electrons. The quantitative estimate of drug-likeness (QED) is 0.507. The summed E-state index contributed by atoms with van der Waals surface area (Å²) >= 11 is 1.66. The number of methoxy groups -OCH3 is 1. The molecular formula is C25H34N2O3S. The summed E-state index contributed by atoms with van der Waals surface area (Å²) in [7, 11) is 1.62. The number of benzene rings is 2. The Morgan fingerprint density at radius 3 is 2.29 bits per heavy atom. The molecule has 0 heterocycles. The van der Waals surface area contributed by atoms with E-state index in [1.54, 1.807) is 30.7 Å². The molecule has 1 N–H and O–H groups in total. The zero-order chi connectivity index (χ0) is 22.8. The minimum Gasteiger partial charge on any atom is -0.497 e. The molecular weight excluding hydrogens is 408 g/mol. The second kappa shape index (κ2) is 12.4. The molecule has 6 heteroatoms. The van der Waals surface area contributed by atoms with Crippen LogP contribution in [0.4, 0.5) is 0 Å². The van der Waals surface area contributed by atoms with E-state index in [9.17, 15) is 9.59 Å². The van der Waals surface area contributed by atoms with Crippen LogP contribution in [0, 0.1) is 6.92 Å². The number of nitrogens with one attached hydrogen (secondary N) is 1. The fourth-order valence-electron chi connectivity index (χ4n) is 3.01. The fourth-order valence-corrected chi connectivity index (χ4v) is 3.85. The van der Waals surface area contributed by atoms with Gasteiger partial charge in [0.05, 0.1) is 7.11 Å². The Labute approximate surface area is 190 Å². The lowest BCUT2D eigenvalue weighted by Crippen LogP contribution is -2.49. The maximum absolute atomic E-state index is 13.1. The SMILES string of the molecule is CC[C@H](C)NC(=O)[C@H](C)N(Cc1ccc(OC)cc1)C(=O)CCSc1ccc(C)cc1.